The molecule has 0 spiro atoms. The van der Waals surface area contributed by atoms with Crippen molar-refractivity contribution in [2.75, 3.05) is 7.11 Å². The maximum Gasteiger partial charge on any atom is 0.356 e. The van der Waals surface area contributed by atoms with E-state index in [-0.39, 0.29) is 0 Å². The summed E-state index contributed by atoms with van der Waals surface area (Å²) in [5.74, 6) is -0.420. The first-order valence-corrected chi connectivity index (χ1v) is 3.70. The molecule has 0 aliphatic carbocycles. The lowest BCUT2D eigenvalue weighted by atomic mass is 10.4. The first kappa shape index (κ1) is 7.72. The maximum absolute atomic E-state index is 11.2. The van der Waals surface area contributed by atoms with Gasteiger partial charge in [0.15, 0.2) is 11.3 Å². The van der Waals surface area contributed by atoms with Crippen molar-refractivity contribution in [2.45, 2.75) is 0 Å². The third kappa shape index (κ3) is 1.14. The Balaban J connectivity index is 2.67. The molecule has 2 rings (SSSR count). The summed E-state index contributed by atoms with van der Waals surface area (Å²) in [4.78, 5) is 15.2. The minimum absolute atomic E-state index is 0.373. The summed E-state index contributed by atoms with van der Waals surface area (Å²) < 4.78 is 6.02. The molecule has 5 heteroatoms. The van der Waals surface area contributed by atoms with Crippen LogP contribution in [0.5, 0.6) is 0 Å². The van der Waals surface area contributed by atoms with Crippen molar-refractivity contribution < 1.29 is 9.53 Å². The van der Waals surface area contributed by atoms with E-state index in [1.807, 2.05) is 0 Å². The SMILES string of the molecule is COC(=O)c1ccnc2ccnn12. The molecule has 5 nitrogen and oxygen atoms in total. The van der Waals surface area contributed by atoms with E-state index in [9.17, 15) is 4.79 Å². The van der Waals surface area contributed by atoms with Crippen molar-refractivity contribution in [3.63, 3.8) is 0 Å². The average Bonchev–Trinajstić information content (AvgIpc) is 2.63. The second-order valence-electron chi connectivity index (χ2n) is 2.42. The Morgan fingerprint density at radius 2 is 2.31 bits per heavy atom. The number of ether oxygens (including phenoxy) is 1. The van der Waals surface area contributed by atoms with E-state index in [0.717, 1.165) is 0 Å². The van der Waals surface area contributed by atoms with Crippen LogP contribution in [-0.2, 0) is 4.74 Å². The van der Waals surface area contributed by atoms with Gasteiger partial charge in [-0.3, -0.25) is 0 Å². The van der Waals surface area contributed by atoms with Gasteiger partial charge in [0.2, 0.25) is 0 Å². The van der Waals surface area contributed by atoms with Gasteiger partial charge >= 0.3 is 5.97 Å². The topological polar surface area (TPSA) is 56.5 Å². The number of rotatable bonds is 1. The highest BCUT2D eigenvalue weighted by Crippen LogP contribution is 2.03. The molecular weight excluding hydrogens is 170 g/mol. The van der Waals surface area contributed by atoms with E-state index in [2.05, 4.69) is 14.8 Å². The molecule has 0 amide bonds. The van der Waals surface area contributed by atoms with E-state index >= 15 is 0 Å². The molecule has 2 aromatic rings. The molecule has 0 bridgehead atoms. The van der Waals surface area contributed by atoms with Gasteiger partial charge < -0.3 is 4.74 Å². The molecule has 0 aliphatic heterocycles. The van der Waals surface area contributed by atoms with Crippen LogP contribution in [0, 0.1) is 0 Å². The molecule has 0 aromatic carbocycles. The van der Waals surface area contributed by atoms with E-state index in [0.29, 0.717) is 11.3 Å². The number of fused-ring (bicyclic) bond motifs is 1. The van der Waals surface area contributed by atoms with Gasteiger partial charge in [0.05, 0.1) is 13.3 Å². The quantitative estimate of drug-likeness (QED) is 0.596. The second-order valence-corrected chi connectivity index (χ2v) is 2.42. The Bertz CT molecular complexity index is 449. The molecule has 0 N–H and O–H groups in total. The normalized spacial score (nSPS) is 10.2. The molecular formula is C8H7N3O2. The van der Waals surface area contributed by atoms with Crippen LogP contribution in [0.15, 0.2) is 24.5 Å². The van der Waals surface area contributed by atoms with Crippen molar-refractivity contribution in [3.05, 3.63) is 30.2 Å². The first-order chi connectivity index (χ1) is 6.33. The second kappa shape index (κ2) is 2.85. The average molecular weight is 177 g/mol. The zero-order valence-electron chi connectivity index (χ0n) is 6.97. The fraction of sp³-hybridized carbons (Fsp3) is 0.125. The van der Waals surface area contributed by atoms with Crippen LogP contribution in [0.2, 0.25) is 0 Å². The molecule has 0 radical (unpaired) electrons. The summed E-state index contributed by atoms with van der Waals surface area (Å²) in [6, 6.07) is 3.28. The number of hydrogen-bond donors (Lipinski definition) is 0. The highest BCUT2D eigenvalue weighted by Gasteiger charge is 2.10. The van der Waals surface area contributed by atoms with Gasteiger partial charge in [0.25, 0.3) is 0 Å². The van der Waals surface area contributed by atoms with Crippen molar-refractivity contribution in [1.82, 2.24) is 14.6 Å². The minimum Gasteiger partial charge on any atom is -0.464 e. The van der Waals surface area contributed by atoms with Gasteiger partial charge in [0.1, 0.15) is 0 Å². The van der Waals surface area contributed by atoms with Gasteiger partial charge in [0, 0.05) is 12.3 Å². The molecule has 0 aliphatic rings. The zero-order valence-corrected chi connectivity index (χ0v) is 6.97. The Kier molecular flexibility index (Phi) is 1.70. The van der Waals surface area contributed by atoms with Crippen LogP contribution in [0.25, 0.3) is 5.65 Å². The van der Waals surface area contributed by atoms with Crippen molar-refractivity contribution in [2.24, 2.45) is 0 Å². The van der Waals surface area contributed by atoms with Crippen LogP contribution in [0.1, 0.15) is 10.5 Å². The van der Waals surface area contributed by atoms with Gasteiger partial charge in [-0.25, -0.2) is 14.3 Å². The number of methoxy groups -OCH3 is 1. The smallest absolute Gasteiger partial charge is 0.356 e. The largest absolute Gasteiger partial charge is 0.464 e. The summed E-state index contributed by atoms with van der Waals surface area (Å²) in [5, 5.41) is 3.94. The number of nitrogens with zero attached hydrogens (tertiary/aromatic N) is 3. The lowest BCUT2D eigenvalue weighted by molar-refractivity contribution is 0.0590. The molecule has 0 saturated carbocycles. The number of aromatic nitrogens is 3. The Morgan fingerprint density at radius 3 is 3.08 bits per heavy atom. The van der Waals surface area contributed by atoms with Crippen LogP contribution in [0.4, 0.5) is 0 Å². The fourth-order valence-corrected chi connectivity index (χ4v) is 1.09. The number of carbonyl (C=O) groups is 1. The van der Waals surface area contributed by atoms with E-state index in [4.69, 9.17) is 0 Å². The minimum atomic E-state index is -0.420. The van der Waals surface area contributed by atoms with Gasteiger partial charge in [-0.05, 0) is 6.07 Å². The zero-order chi connectivity index (χ0) is 9.26. The highest BCUT2D eigenvalue weighted by atomic mass is 16.5. The van der Waals surface area contributed by atoms with Crippen LogP contribution in [-0.4, -0.2) is 27.7 Å². The van der Waals surface area contributed by atoms with E-state index in [1.54, 1.807) is 24.5 Å². The van der Waals surface area contributed by atoms with Crippen molar-refractivity contribution in [1.29, 1.82) is 0 Å². The third-order valence-electron chi connectivity index (χ3n) is 1.68. The van der Waals surface area contributed by atoms with E-state index < -0.39 is 5.97 Å². The molecule has 0 fully saturated rings. The van der Waals surface area contributed by atoms with Crippen LogP contribution in [0.3, 0.4) is 0 Å². The predicted octanol–water partition coefficient (Wildman–Crippen LogP) is 0.516. The lowest BCUT2D eigenvalue weighted by Gasteiger charge is -2.00. The monoisotopic (exact) mass is 177 g/mol. The summed E-state index contributed by atoms with van der Waals surface area (Å²) in [6.45, 7) is 0. The molecule has 2 heterocycles. The maximum atomic E-state index is 11.2. The lowest BCUT2D eigenvalue weighted by Crippen LogP contribution is -2.09. The Labute approximate surface area is 74.0 Å². The number of esters is 1. The van der Waals surface area contributed by atoms with Crippen molar-refractivity contribution >= 4 is 11.6 Å². The highest BCUT2D eigenvalue weighted by molar-refractivity contribution is 5.87. The van der Waals surface area contributed by atoms with E-state index in [1.165, 1.54) is 11.6 Å². The molecule has 0 unspecified atom stereocenters. The summed E-state index contributed by atoms with van der Waals surface area (Å²) in [6.07, 6.45) is 3.12. The Hall–Kier alpha value is -1.91. The summed E-state index contributed by atoms with van der Waals surface area (Å²) >= 11 is 0. The van der Waals surface area contributed by atoms with Gasteiger partial charge in [-0.2, -0.15) is 5.10 Å². The first-order valence-electron chi connectivity index (χ1n) is 3.70. The molecule has 0 atom stereocenters. The molecule has 0 saturated heterocycles. The number of carbonyl (C=O) groups excluding carboxylic acids is 1. The van der Waals surface area contributed by atoms with Crippen LogP contribution >= 0.6 is 0 Å². The van der Waals surface area contributed by atoms with Crippen molar-refractivity contribution in [3.8, 4) is 0 Å². The van der Waals surface area contributed by atoms with Gasteiger partial charge in [-0.1, -0.05) is 0 Å². The molecule has 2 aromatic heterocycles. The summed E-state index contributed by atoms with van der Waals surface area (Å²) in [5.41, 5.74) is 1.00. The van der Waals surface area contributed by atoms with Gasteiger partial charge in [-0.15, -0.1) is 0 Å². The predicted molar refractivity (Wildman–Crippen MR) is 44.3 cm³/mol. The molecule has 66 valence electrons. The fourth-order valence-electron chi connectivity index (χ4n) is 1.09. The standard InChI is InChI=1S/C8H7N3O2/c1-13-8(12)6-2-4-9-7-3-5-10-11(6)7/h2-5H,1H3. The third-order valence-corrected chi connectivity index (χ3v) is 1.68. The number of hydrogen-bond acceptors (Lipinski definition) is 4. The summed E-state index contributed by atoms with van der Waals surface area (Å²) in [7, 11) is 1.33. The molecule has 13 heavy (non-hydrogen) atoms. The Morgan fingerprint density at radius 1 is 1.46 bits per heavy atom. The van der Waals surface area contributed by atoms with Crippen LogP contribution < -0.4 is 0 Å².